The molecule has 4 rings (SSSR count). The second-order valence-electron chi connectivity index (χ2n) is 8.75. The molecule has 0 spiro atoms. The zero-order valence-corrected chi connectivity index (χ0v) is 19.1. The number of rotatable bonds is 3. The van der Waals surface area contributed by atoms with E-state index in [0.717, 1.165) is 23.1 Å². The molecule has 2 heterocycles. The van der Waals surface area contributed by atoms with Crippen LogP contribution in [-0.2, 0) is 18.3 Å². The van der Waals surface area contributed by atoms with Crippen LogP contribution < -0.4 is 0 Å². The highest BCUT2D eigenvalue weighted by Crippen LogP contribution is 2.36. The first-order chi connectivity index (χ1) is 17.0. The van der Waals surface area contributed by atoms with E-state index in [-0.39, 0.29) is 37.3 Å². The molecule has 0 radical (unpaired) electrons. The van der Waals surface area contributed by atoms with Crippen LogP contribution in [0.1, 0.15) is 44.5 Å². The van der Waals surface area contributed by atoms with Crippen molar-refractivity contribution >= 4 is 22.7 Å². The van der Waals surface area contributed by atoms with Gasteiger partial charge in [0.05, 0.1) is 11.1 Å². The van der Waals surface area contributed by atoms with Gasteiger partial charge in [-0.05, 0) is 42.5 Å². The van der Waals surface area contributed by atoms with Crippen molar-refractivity contribution in [2.24, 2.45) is 0 Å². The minimum atomic E-state index is -4.94. The summed E-state index contributed by atoms with van der Waals surface area (Å²) in [4.78, 5) is 31.0. The van der Waals surface area contributed by atoms with Crippen LogP contribution in [0.4, 0.5) is 35.1 Å². The van der Waals surface area contributed by atoms with Gasteiger partial charge in [-0.15, -0.1) is 0 Å². The molecule has 1 aromatic heterocycles. The summed E-state index contributed by atoms with van der Waals surface area (Å²) in [7, 11) is 0. The Morgan fingerprint density at radius 1 is 0.703 bits per heavy atom. The molecule has 1 aliphatic heterocycles. The fraction of sp³-hybridized carbons (Fsp3) is 0.333. The highest BCUT2D eigenvalue weighted by atomic mass is 19.4. The van der Waals surface area contributed by atoms with Gasteiger partial charge in [0.15, 0.2) is 0 Å². The lowest BCUT2D eigenvalue weighted by Crippen LogP contribution is -2.50. The van der Waals surface area contributed by atoms with E-state index in [2.05, 4.69) is 4.98 Å². The number of hydrogen-bond donors (Lipinski definition) is 1. The van der Waals surface area contributed by atoms with Crippen LogP contribution in [0.15, 0.2) is 42.5 Å². The van der Waals surface area contributed by atoms with E-state index in [1.165, 1.54) is 17.0 Å². The molecule has 198 valence electrons. The van der Waals surface area contributed by atoms with Gasteiger partial charge in [0.25, 0.3) is 17.7 Å². The van der Waals surface area contributed by atoms with Crippen molar-refractivity contribution < 1.29 is 44.7 Å². The average Bonchev–Trinajstić information content (AvgIpc) is 3.25. The summed E-state index contributed by atoms with van der Waals surface area (Å²) in [5, 5.41) is 0.181. The Morgan fingerprint density at radius 2 is 1.24 bits per heavy atom. The summed E-state index contributed by atoms with van der Waals surface area (Å²) in [6.07, 6.45) is -9.49. The van der Waals surface area contributed by atoms with Crippen LogP contribution in [0, 0.1) is 0 Å². The van der Waals surface area contributed by atoms with Crippen LogP contribution in [0.25, 0.3) is 10.9 Å². The highest BCUT2D eigenvalue weighted by molar-refractivity contribution is 5.99. The SMILES string of the molecule is CC(F)(F)c1cc(C(=O)N2CCN(C(=O)c3cc4cc(C(F)(F)F)ccc4[nH]3)CC2)cc(C(F)(F)F)c1. The van der Waals surface area contributed by atoms with E-state index in [1.54, 1.807) is 0 Å². The molecule has 0 atom stereocenters. The number of alkyl halides is 8. The Labute approximate surface area is 204 Å². The van der Waals surface area contributed by atoms with Gasteiger partial charge in [0.1, 0.15) is 5.69 Å². The van der Waals surface area contributed by atoms with Crippen LogP contribution in [-0.4, -0.2) is 52.8 Å². The van der Waals surface area contributed by atoms with Crippen molar-refractivity contribution in [1.29, 1.82) is 0 Å². The summed E-state index contributed by atoms with van der Waals surface area (Å²) in [6.45, 7) is 0.205. The van der Waals surface area contributed by atoms with E-state index < -0.39 is 52.3 Å². The second-order valence-corrected chi connectivity index (χ2v) is 8.75. The zero-order valence-electron chi connectivity index (χ0n) is 19.1. The summed E-state index contributed by atoms with van der Waals surface area (Å²) >= 11 is 0. The van der Waals surface area contributed by atoms with Crippen LogP contribution >= 0.6 is 0 Å². The van der Waals surface area contributed by atoms with Gasteiger partial charge in [0.2, 0.25) is 0 Å². The molecule has 1 N–H and O–H groups in total. The molecule has 0 unspecified atom stereocenters. The molecule has 37 heavy (non-hydrogen) atoms. The van der Waals surface area contributed by atoms with Crippen molar-refractivity contribution in [3.8, 4) is 0 Å². The number of carbonyl (C=O) groups is 2. The van der Waals surface area contributed by atoms with Crippen molar-refractivity contribution in [3.05, 3.63) is 70.4 Å². The summed E-state index contributed by atoms with van der Waals surface area (Å²) in [6, 6.07) is 5.79. The third kappa shape index (κ3) is 5.54. The maximum absolute atomic E-state index is 13.8. The molecule has 0 aliphatic carbocycles. The van der Waals surface area contributed by atoms with Crippen LogP contribution in [0.2, 0.25) is 0 Å². The first-order valence-electron chi connectivity index (χ1n) is 10.9. The smallest absolute Gasteiger partial charge is 0.351 e. The molecule has 0 bridgehead atoms. The first-order valence-corrected chi connectivity index (χ1v) is 10.9. The van der Waals surface area contributed by atoms with Gasteiger partial charge in [-0.1, -0.05) is 0 Å². The third-order valence-corrected chi connectivity index (χ3v) is 6.05. The lowest BCUT2D eigenvalue weighted by molar-refractivity contribution is -0.138. The molecular formula is C24H19F8N3O2. The Hall–Kier alpha value is -3.64. The number of aromatic amines is 1. The van der Waals surface area contributed by atoms with Crippen molar-refractivity contribution in [2.75, 3.05) is 26.2 Å². The molecule has 2 aromatic carbocycles. The molecule has 1 fully saturated rings. The second kappa shape index (κ2) is 9.03. The number of H-pyrrole nitrogens is 1. The topological polar surface area (TPSA) is 56.4 Å². The molecule has 1 aliphatic rings. The fourth-order valence-electron chi connectivity index (χ4n) is 4.06. The number of hydrogen-bond acceptors (Lipinski definition) is 2. The quantitative estimate of drug-likeness (QED) is 0.426. The largest absolute Gasteiger partial charge is 0.416 e. The van der Waals surface area contributed by atoms with Gasteiger partial charge >= 0.3 is 12.4 Å². The molecule has 5 nitrogen and oxygen atoms in total. The maximum atomic E-state index is 13.8. The Balaban J connectivity index is 1.49. The molecule has 2 amide bonds. The molecule has 13 heteroatoms. The van der Waals surface area contributed by atoms with Gasteiger partial charge in [0, 0.05) is 55.1 Å². The van der Waals surface area contributed by atoms with Crippen molar-refractivity contribution in [2.45, 2.75) is 25.2 Å². The fourth-order valence-corrected chi connectivity index (χ4v) is 4.06. The number of carbonyl (C=O) groups excluding carboxylic acids is 2. The normalized spacial score (nSPS) is 15.4. The third-order valence-electron chi connectivity index (χ3n) is 6.05. The number of amides is 2. The number of piperazine rings is 1. The maximum Gasteiger partial charge on any atom is 0.416 e. The van der Waals surface area contributed by atoms with Gasteiger partial charge in [-0.25, -0.2) is 8.78 Å². The molecule has 0 saturated carbocycles. The lowest BCUT2D eigenvalue weighted by atomic mass is 10.0. The number of nitrogens with one attached hydrogen (secondary N) is 1. The average molecular weight is 533 g/mol. The first kappa shape index (κ1) is 26.4. The van der Waals surface area contributed by atoms with Crippen molar-refractivity contribution in [3.63, 3.8) is 0 Å². The van der Waals surface area contributed by atoms with E-state index in [4.69, 9.17) is 0 Å². The van der Waals surface area contributed by atoms with Gasteiger partial charge < -0.3 is 14.8 Å². The van der Waals surface area contributed by atoms with Gasteiger partial charge in [-0.2, -0.15) is 26.3 Å². The number of benzene rings is 2. The number of halogens is 8. The van der Waals surface area contributed by atoms with E-state index in [1.807, 2.05) is 0 Å². The Morgan fingerprint density at radius 3 is 1.78 bits per heavy atom. The number of fused-ring (bicyclic) bond motifs is 1. The minimum Gasteiger partial charge on any atom is -0.351 e. The zero-order chi connectivity index (χ0) is 27.3. The highest BCUT2D eigenvalue weighted by Gasteiger charge is 2.36. The van der Waals surface area contributed by atoms with Gasteiger partial charge in [-0.3, -0.25) is 9.59 Å². The Bertz CT molecular complexity index is 1310. The summed E-state index contributed by atoms with van der Waals surface area (Å²) in [5.41, 5.74) is -3.41. The Kier molecular flexibility index (Phi) is 6.45. The predicted octanol–water partition coefficient (Wildman–Crippen LogP) is 5.92. The van der Waals surface area contributed by atoms with E-state index in [9.17, 15) is 44.7 Å². The molecule has 3 aromatic rings. The summed E-state index contributed by atoms with van der Waals surface area (Å²) in [5.74, 6) is -5.04. The monoisotopic (exact) mass is 533 g/mol. The number of nitrogens with zero attached hydrogens (tertiary/aromatic N) is 2. The van der Waals surface area contributed by atoms with Crippen LogP contribution in [0.5, 0.6) is 0 Å². The minimum absolute atomic E-state index is 0.0243. The van der Waals surface area contributed by atoms with E-state index in [0.29, 0.717) is 24.6 Å². The molecular weight excluding hydrogens is 514 g/mol. The standard InChI is InChI=1S/C24H19F8N3O2/c1-22(25,26)16-9-14(10-17(12-16)24(30,31)32)20(36)34-4-6-35(7-5-34)21(37)19-11-13-8-15(23(27,28)29)2-3-18(13)33-19/h2-3,8-12,33H,4-7H2,1H3. The number of aromatic nitrogens is 1. The van der Waals surface area contributed by atoms with Crippen molar-refractivity contribution in [1.82, 2.24) is 14.8 Å². The van der Waals surface area contributed by atoms with E-state index >= 15 is 0 Å². The predicted molar refractivity (Wildman–Crippen MR) is 116 cm³/mol. The summed E-state index contributed by atoms with van der Waals surface area (Å²) < 4.78 is 106. The van der Waals surface area contributed by atoms with Crippen LogP contribution in [0.3, 0.4) is 0 Å². The molecule has 1 saturated heterocycles. The lowest BCUT2D eigenvalue weighted by Gasteiger charge is -2.34.